The van der Waals surface area contributed by atoms with Gasteiger partial charge in [-0.2, -0.15) is 4.98 Å². The van der Waals surface area contributed by atoms with Crippen molar-refractivity contribution in [1.82, 2.24) is 9.97 Å². The third kappa shape index (κ3) is 1.95. The monoisotopic (exact) mass is 233 g/mol. The van der Waals surface area contributed by atoms with Gasteiger partial charge in [0.15, 0.2) is 0 Å². The zero-order chi connectivity index (χ0) is 11.7. The number of rotatable bonds is 2. The van der Waals surface area contributed by atoms with Gasteiger partial charge in [-0.3, -0.25) is 5.43 Å². The summed E-state index contributed by atoms with van der Waals surface area (Å²) < 4.78 is 0. The van der Waals surface area contributed by atoms with Gasteiger partial charge in [-0.25, -0.2) is 10.8 Å². The predicted octanol–water partition coefficient (Wildman–Crippen LogP) is 1.53. The summed E-state index contributed by atoms with van der Waals surface area (Å²) in [6.45, 7) is 1.11. The molecule has 2 aliphatic rings. The van der Waals surface area contributed by atoms with Gasteiger partial charge in [0.2, 0.25) is 5.95 Å². The van der Waals surface area contributed by atoms with E-state index in [4.69, 9.17) is 5.84 Å². The van der Waals surface area contributed by atoms with Crippen LogP contribution in [0.25, 0.3) is 0 Å². The van der Waals surface area contributed by atoms with Crippen molar-refractivity contribution in [2.24, 2.45) is 11.8 Å². The van der Waals surface area contributed by atoms with Crippen LogP contribution < -0.4 is 16.2 Å². The van der Waals surface area contributed by atoms with Crippen molar-refractivity contribution in [2.75, 3.05) is 16.9 Å². The average Bonchev–Trinajstić information content (AvgIpc) is 2.87. The van der Waals surface area contributed by atoms with Crippen LogP contribution in [-0.2, 0) is 0 Å². The van der Waals surface area contributed by atoms with Gasteiger partial charge >= 0.3 is 0 Å². The molecular weight excluding hydrogens is 214 g/mol. The molecule has 17 heavy (non-hydrogen) atoms. The fourth-order valence-corrected chi connectivity index (χ4v) is 3.32. The van der Waals surface area contributed by atoms with Gasteiger partial charge in [0, 0.05) is 18.8 Å². The van der Waals surface area contributed by atoms with Gasteiger partial charge in [-0.05, 0) is 37.7 Å². The van der Waals surface area contributed by atoms with Gasteiger partial charge in [-0.1, -0.05) is 6.42 Å². The van der Waals surface area contributed by atoms with Gasteiger partial charge < -0.3 is 4.90 Å². The van der Waals surface area contributed by atoms with Crippen molar-refractivity contribution < 1.29 is 0 Å². The van der Waals surface area contributed by atoms with Crippen LogP contribution in [0.1, 0.15) is 32.1 Å². The van der Waals surface area contributed by atoms with Crippen LogP contribution in [0.5, 0.6) is 0 Å². The first-order valence-corrected chi connectivity index (χ1v) is 6.45. The van der Waals surface area contributed by atoms with Crippen LogP contribution in [-0.4, -0.2) is 22.6 Å². The molecule has 3 N–H and O–H groups in total. The molecule has 3 rings (SSSR count). The lowest BCUT2D eigenvalue weighted by Crippen LogP contribution is -2.43. The van der Waals surface area contributed by atoms with Crippen molar-refractivity contribution in [3.8, 4) is 0 Å². The Morgan fingerprint density at radius 3 is 3.06 bits per heavy atom. The largest absolute Gasteiger partial charge is 0.353 e. The summed E-state index contributed by atoms with van der Waals surface area (Å²) in [6.07, 6.45) is 8.48. The minimum Gasteiger partial charge on any atom is -0.353 e. The molecular formula is C12H19N5. The molecule has 0 aromatic carbocycles. The number of nitrogens with two attached hydrogens (primary N) is 1. The van der Waals surface area contributed by atoms with E-state index in [1.165, 1.54) is 32.1 Å². The Morgan fingerprint density at radius 1 is 1.29 bits per heavy atom. The molecule has 0 spiro atoms. The summed E-state index contributed by atoms with van der Waals surface area (Å²) in [4.78, 5) is 11.0. The minimum absolute atomic E-state index is 0.502. The Balaban J connectivity index is 1.86. The van der Waals surface area contributed by atoms with Crippen molar-refractivity contribution in [3.05, 3.63) is 12.3 Å². The first-order chi connectivity index (χ1) is 8.38. The fraction of sp³-hybridized carbons (Fsp3) is 0.667. The molecule has 92 valence electrons. The molecule has 1 aromatic rings. The number of nitrogen functional groups attached to an aromatic ring is 1. The fourth-order valence-electron chi connectivity index (χ4n) is 3.32. The molecule has 0 bridgehead atoms. The van der Waals surface area contributed by atoms with Gasteiger partial charge in [-0.15, -0.1) is 0 Å². The molecule has 1 saturated heterocycles. The second kappa shape index (κ2) is 4.49. The SMILES string of the molecule is NNc1nccc(N2CCCC3CCCC32)n1. The van der Waals surface area contributed by atoms with E-state index in [0.29, 0.717) is 12.0 Å². The zero-order valence-electron chi connectivity index (χ0n) is 9.97. The van der Waals surface area contributed by atoms with Crippen LogP contribution in [0.3, 0.4) is 0 Å². The number of anilines is 2. The molecule has 2 fully saturated rings. The third-order valence-corrected chi connectivity index (χ3v) is 4.06. The molecule has 1 aliphatic heterocycles. The van der Waals surface area contributed by atoms with E-state index in [0.717, 1.165) is 18.3 Å². The Bertz CT molecular complexity index is 394. The van der Waals surface area contributed by atoms with E-state index < -0.39 is 0 Å². The first kappa shape index (κ1) is 10.8. The number of fused-ring (bicyclic) bond motifs is 1. The summed E-state index contributed by atoms with van der Waals surface area (Å²) >= 11 is 0. The zero-order valence-corrected chi connectivity index (χ0v) is 9.97. The second-order valence-corrected chi connectivity index (χ2v) is 4.98. The van der Waals surface area contributed by atoms with E-state index in [1.807, 2.05) is 6.07 Å². The molecule has 5 heteroatoms. The number of hydrazine groups is 1. The molecule has 1 aliphatic carbocycles. The van der Waals surface area contributed by atoms with E-state index in [1.54, 1.807) is 6.20 Å². The number of hydrogen-bond acceptors (Lipinski definition) is 5. The van der Waals surface area contributed by atoms with E-state index in [2.05, 4.69) is 20.3 Å². The molecule has 1 saturated carbocycles. The summed E-state index contributed by atoms with van der Waals surface area (Å²) in [5.74, 6) is 7.75. The van der Waals surface area contributed by atoms with Crippen molar-refractivity contribution >= 4 is 11.8 Å². The molecule has 0 radical (unpaired) electrons. The highest BCUT2D eigenvalue weighted by Crippen LogP contribution is 2.38. The molecule has 2 atom stereocenters. The maximum atomic E-state index is 5.36. The van der Waals surface area contributed by atoms with Crippen LogP contribution in [0.4, 0.5) is 11.8 Å². The summed E-state index contributed by atoms with van der Waals surface area (Å²) in [6, 6.07) is 2.67. The van der Waals surface area contributed by atoms with E-state index in [-0.39, 0.29) is 0 Å². The lowest BCUT2D eigenvalue weighted by Gasteiger charge is -2.38. The number of nitrogens with zero attached hydrogens (tertiary/aromatic N) is 3. The standard InChI is InChI=1S/C12H19N5/c13-16-12-14-7-6-11(15-12)17-8-2-4-9-3-1-5-10(9)17/h6-7,9-10H,1-5,8,13H2,(H,14,15,16). The molecule has 2 unspecified atom stereocenters. The number of aromatic nitrogens is 2. The maximum Gasteiger partial charge on any atom is 0.239 e. The Labute approximate surface area is 101 Å². The summed E-state index contributed by atoms with van der Waals surface area (Å²) in [5, 5.41) is 0. The van der Waals surface area contributed by atoms with E-state index in [9.17, 15) is 0 Å². The highest BCUT2D eigenvalue weighted by atomic mass is 15.3. The lowest BCUT2D eigenvalue weighted by atomic mass is 9.92. The van der Waals surface area contributed by atoms with E-state index >= 15 is 0 Å². The van der Waals surface area contributed by atoms with Crippen molar-refractivity contribution in [1.29, 1.82) is 0 Å². The van der Waals surface area contributed by atoms with Gasteiger partial charge in [0.1, 0.15) is 5.82 Å². The van der Waals surface area contributed by atoms with Crippen LogP contribution in [0.15, 0.2) is 12.3 Å². The quantitative estimate of drug-likeness (QED) is 0.599. The van der Waals surface area contributed by atoms with Crippen LogP contribution in [0.2, 0.25) is 0 Å². The molecule has 0 amide bonds. The molecule has 2 heterocycles. The average molecular weight is 233 g/mol. The number of hydrogen-bond donors (Lipinski definition) is 2. The second-order valence-electron chi connectivity index (χ2n) is 4.98. The molecule has 5 nitrogen and oxygen atoms in total. The smallest absolute Gasteiger partial charge is 0.239 e. The normalized spacial score (nSPS) is 27.9. The highest BCUT2D eigenvalue weighted by molar-refractivity contribution is 5.44. The van der Waals surface area contributed by atoms with Crippen LogP contribution >= 0.6 is 0 Å². The minimum atomic E-state index is 0.502. The summed E-state index contributed by atoms with van der Waals surface area (Å²) in [5.41, 5.74) is 2.52. The van der Waals surface area contributed by atoms with Gasteiger partial charge in [0.05, 0.1) is 0 Å². The predicted molar refractivity (Wildman–Crippen MR) is 67.6 cm³/mol. The first-order valence-electron chi connectivity index (χ1n) is 6.45. The number of nitrogens with one attached hydrogen (secondary N) is 1. The maximum absolute atomic E-state index is 5.36. The lowest BCUT2D eigenvalue weighted by molar-refractivity contribution is 0.360. The third-order valence-electron chi connectivity index (χ3n) is 4.06. The highest BCUT2D eigenvalue weighted by Gasteiger charge is 2.35. The Kier molecular flexibility index (Phi) is 2.84. The van der Waals surface area contributed by atoms with Crippen molar-refractivity contribution in [2.45, 2.75) is 38.1 Å². The molecule has 1 aromatic heterocycles. The Morgan fingerprint density at radius 2 is 2.18 bits per heavy atom. The van der Waals surface area contributed by atoms with Gasteiger partial charge in [0.25, 0.3) is 0 Å². The Hall–Kier alpha value is -1.36. The summed E-state index contributed by atoms with van der Waals surface area (Å²) in [7, 11) is 0. The van der Waals surface area contributed by atoms with Crippen molar-refractivity contribution in [3.63, 3.8) is 0 Å². The topological polar surface area (TPSA) is 67.1 Å². The number of piperidine rings is 1. The van der Waals surface area contributed by atoms with Crippen LogP contribution in [0, 0.1) is 5.92 Å².